The van der Waals surface area contributed by atoms with E-state index >= 15 is 0 Å². The van der Waals surface area contributed by atoms with Gasteiger partial charge in [0.15, 0.2) is 0 Å². The zero-order valence-electron chi connectivity index (χ0n) is 7.86. The summed E-state index contributed by atoms with van der Waals surface area (Å²) in [4.78, 5) is 19.4. The third kappa shape index (κ3) is 1.46. The van der Waals surface area contributed by atoms with Gasteiger partial charge in [0.05, 0.1) is 12.3 Å². The number of esters is 1. The molecule has 74 valence electrons. The number of fused-ring (bicyclic) bond motifs is 1. The molecule has 1 atom stereocenters. The third-order valence-electron chi connectivity index (χ3n) is 2.13. The summed E-state index contributed by atoms with van der Waals surface area (Å²) in [7, 11) is 0. The lowest BCUT2D eigenvalue weighted by Gasteiger charge is -2.09. The van der Waals surface area contributed by atoms with E-state index in [1.807, 2.05) is 0 Å². The normalized spacial score (nSPS) is 19.1. The van der Waals surface area contributed by atoms with Gasteiger partial charge in [-0.2, -0.15) is 0 Å². The summed E-state index contributed by atoms with van der Waals surface area (Å²) in [6, 6.07) is -0.397. The predicted octanol–water partition coefficient (Wildman–Crippen LogP) is 0.184. The Morgan fingerprint density at radius 2 is 2.64 bits per heavy atom. The molecule has 14 heavy (non-hydrogen) atoms. The first-order chi connectivity index (χ1) is 6.83. The van der Waals surface area contributed by atoms with E-state index in [1.54, 1.807) is 13.1 Å². The maximum atomic E-state index is 11.5. The average molecular weight is 193 g/mol. The van der Waals surface area contributed by atoms with Crippen LogP contribution in [0.15, 0.2) is 12.5 Å². The number of rotatable bonds is 2. The van der Waals surface area contributed by atoms with E-state index in [-0.39, 0.29) is 5.97 Å². The summed E-state index contributed by atoms with van der Waals surface area (Å²) in [5.41, 5.74) is 1.70. The van der Waals surface area contributed by atoms with Crippen LogP contribution in [0.5, 0.6) is 0 Å². The Kier molecular flexibility index (Phi) is 2.41. The second-order valence-electron chi connectivity index (χ2n) is 2.99. The maximum absolute atomic E-state index is 11.5. The smallest absolute Gasteiger partial charge is 0.327 e. The molecule has 1 aromatic heterocycles. The second-order valence-corrected chi connectivity index (χ2v) is 2.99. The number of carbonyl (C=O) groups is 1. The van der Waals surface area contributed by atoms with Crippen molar-refractivity contribution >= 4 is 5.97 Å². The summed E-state index contributed by atoms with van der Waals surface area (Å²) in [6.45, 7) is 2.77. The van der Waals surface area contributed by atoms with Gasteiger partial charge in [0, 0.05) is 18.3 Å². The topological polar surface area (TPSA) is 64.1 Å². The fourth-order valence-electron chi connectivity index (χ4n) is 1.50. The maximum Gasteiger partial charge on any atom is 0.327 e. The van der Waals surface area contributed by atoms with Gasteiger partial charge in [0.25, 0.3) is 0 Å². The molecule has 0 saturated heterocycles. The van der Waals surface area contributed by atoms with E-state index in [0.29, 0.717) is 13.2 Å². The van der Waals surface area contributed by atoms with Crippen LogP contribution in [0, 0.1) is 0 Å². The van der Waals surface area contributed by atoms with Crippen LogP contribution in [0.1, 0.15) is 24.2 Å². The van der Waals surface area contributed by atoms with Crippen LogP contribution in [-0.4, -0.2) is 22.5 Å². The molecule has 1 unspecified atom stereocenters. The lowest BCUT2D eigenvalue weighted by Crippen LogP contribution is -2.24. The molecule has 1 N–H and O–H groups in total. The fraction of sp³-hybridized carbons (Fsp3) is 0.444. The lowest BCUT2D eigenvalue weighted by molar-refractivity contribution is -0.145. The molecule has 1 aromatic rings. The zero-order valence-corrected chi connectivity index (χ0v) is 7.86. The van der Waals surface area contributed by atoms with Crippen LogP contribution in [-0.2, 0) is 16.1 Å². The van der Waals surface area contributed by atoms with Crippen molar-refractivity contribution in [2.45, 2.75) is 19.5 Å². The molecular weight excluding hydrogens is 182 g/mol. The number of nitrogens with zero attached hydrogens (tertiary/aromatic N) is 2. The molecule has 0 saturated carbocycles. The first kappa shape index (κ1) is 9.08. The summed E-state index contributed by atoms with van der Waals surface area (Å²) in [5.74, 6) is -0.263. The van der Waals surface area contributed by atoms with Crippen LogP contribution < -0.4 is 5.32 Å². The van der Waals surface area contributed by atoms with E-state index in [1.165, 1.54) is 6.33 Å². The van der Waals surface area contributed by atoms with Crippen molar-refractivity contribution in [3.63, 3.8) is 0 Å². The van der Waals surface area contributed by atoms with Gasteiger partial charge in [-0.05, 0) is 6.92 Å². The van der Waals surface area contributed by atoms with Crippen molar-refractivity contribution in [3.8, 4) is 0 Å². The number of ether oxygens (including phenoxy) is 1. The lowest BCUT2D eigenvalue weighted by atomic mass is 10.1. The largest absolute Gasteiger partial charge is 0.465 e. The number of aromatic nitrogens is 2. The molecule has 5 nitrogen and oxygen atoms in total. The molecule has 0 radical (unpaired) electrons. The number of nitrogens with one attached hydrogen (secondary N) is 1. The van der Waals surface area contributed by atoms with Gasteiger partial charge in [0.2, 0.25) is 0 Å². The summed E-state index contributed by atoms with van der Waals surface area (Å²) in [5, 5.41) is 3.03. The first-order valence-corrected chi connectivity index (χ1v) is 4.51. The highest BCUT2D eigenvalue weighted by Crippen LogP contribution is 2.23. The minimum absolute atomic E-state index is 0.263. The van der Waals surface area contributed by atoms with E-state index in [0.717, 1.165) is 11.3 Å². The van der Waals surface area contributed by atoms with Crippen molar-refractivity contribution in [3.05, 3.63) is 23.8 Å². The van der Waals surface area contributed by atoms with Gasteiger partial charge in [-0.25, -0.2) is 14.8 Å². The van der Waals surface area contributed by atoms with E-state index in [9.17, 15) is 4.79 Å². The van der Waals surface area contributed by atoms with Crippen LogP contribution in [0.25, 0.3) is 0 Å². The van der Waals surface area contributed by atoms with E-state index < -0.39 is 6.04 Å². The van der Waals surface area contributed by atoms with E-state index in [2.05, 4.69) is 15.3 Å². The van der Waals surface area contributed by atoms with Gasteiger partial charge < -0.3 is 4.74 Å². The fourth-order valence-corrected chi connectivity index (χ4v) is 1.50. The third-order valence-corrected chi connectivity index (χ3v) is 2.13. The average Bonchev–Trinajstić information content (AvgIpc) is 2.61. The van der Waals surface area contributed by atoms with Gasteiger partial charge in [-0.1, -0.05) is 0 Å². The highest BCUT2D eigenvalue weighted by molar-refractivity contribution is 5.78. The molecule has 0 aromatic carbocycles. The Balaban J connectivity index is 2.21. The molecule has 2 rings (SSSR count). The molecule has 5 heteroatoms. The van der Waals surface area contributed by atoms with Crippen LogP contribution >= 0.6 is 0 Å². The molecule has 2 heterocycles. The molecule has 0 amide bonds. The van der Waals surface area contributed by atoms with Crippen molar-refractivity contribution in [1.82, 2.24) is 15.3 Å². The number of hydrogen-bond donors (Lipinski definition) is 1. The molecule has 1 aliphatic heterocycles. The molecule has 0 fully saturated rings. The second kappa shape index (κ2) is 3.71. The Hall–Kier alpha value is -1.49. The minimum Gasteiger partial charge on any atom is -0.465 e. The Morgan fingerprint density at radius 1 is 1.79 bits per heavy atom. The molecule has 1 aliphatic rings. The van der Waals surface area contributed by atoms with Gasteiger partial charge >= 0.3 is 5.97 Å². The summed E-state index contributed by atoms with van der Waals surface area (Å²) in [6.07, 6.45) is 3.14. The van der Waals surface area contributed by atoms with Crippen LogP contribution in [0.3, 0.4) is 0 Å². The van der Waals surface area contributed by atoms with Gasteiger partial charge in [0.1, 0.15) is 12.4 Å². The highest BCUT2D eigenvalue weighted by Gasteiger charge is 2.30. The van der Waals surface area contributed by atoms with Crippen molar-refractivity contribution in [1.29, 1.82) is 0 Å². The standard InChI is InChI=1S/C9H11N3O2/c1-2-14-9(13)8-6-3-10-5-12-7(6)4-11-8/h3,5,8,11H,2,4H2,1H3. The van der Waals surface area contributed by atoms with Gasteiger partial charge in [-0.3, -0.25) is 5.32 Å². The minimum atomic E-state index is -0.397. The Bertz CT molecular complexity index is 354. The zero-order chi connectivity index (χ0) is 9.97. The van der Waals surface area contributed by atoms with Gasteiger partial charge in [-0.15, -0.1) is 0 Å². The van der Waals surface area contributed by atoms with Crippen molar-refractivity contribution < 1.29 is 9.53 Å². The predicted molar refractivity (Wildman–Crippen MR) is 48.2 cm³/mol. The quantitative estimate of drug-likeness (QED) is 0.679. The Labute approximate surface area is 81.5 Å². The summed E-state index contributed by atoms with van der Waals surface area (Å²) < 4.78 is 4.93. The number of hydrogen-bond acceptors (Lipinski definition) is 5. The molecule has 0 bridgehead atoms. The Morgan fingerprint density at radius 3 is 3.43 bits per heavy atom. The van der Waals surface area contributed by atoms with Crippen molar-refractivity contribution in [2.24, 2.45) is 0 Å². The summed E-state index contributed by atoms with van der Waals surface area (Å²) >= 11 is 0. The first-order valence-electron chi connectivity index (χ1n) is 4.51. The molecular formula is C9H11N3O2. The molecule has 0 aliphatic carbocycles. The van der Waals surface area contributed by atoms with Crippen molar-refractivity contribution in [2.75, 3.05) is 6.61 Å². The number of carbonyl (C=O) groups excluding carboxylic acids is 1. The monoisotopic (exact) mass is 193 g/mol. The highest BCUT2D eigenvalue weighted by atomic mass is 16.5. The SMILES string of the molecule is CCOC(=O)C1NCc2ncncc21. The van der Waals surface area contributed by atoms with Crippen LogP contribution in [0.4, 0.5) is 0 Å². The van der Waals surface area contributed by atoms with E-state index in [4.69, 9.17) is 4.74 Å². The van der Waals surface area contributed by atoms with Crippen LogP contribution in [0.2, 0.25) is 0 Å². The molecule has 0 spiro atoms.